The highest BCUT2D eigenvalue weighted by atomic mass is 35.5. The van der Waals surface area contributed by atoms with Crippen molar-refractivity contribution in [3.05, 3.63) is 29.0 Å². The molecular formula is C8H7ClN2O. The van der Waals surface area contributed by atoms with E-state index in [1.165, 1.54) is 6.34 Å². The zero-order valence-corrected chi connectivity index (χ0v) is 7.01. The molecule has 2 rings (SSSR count). The molecule has 12 heavy (non-hydrogen) atoms. The highest BCUT2D eigenvalue weighted by Gasteiger charge is 2.13. The Morgan fingerprint density at radius 1 is 1.50 bits per heavy atom. The van der Waals surface area contributed by atoms with E-state index in [1.807, 2.05) is 12.1 Å². The summed E-state index contributed by atoms with van der Waals surface area (Å²) < 4.78 is 0. The number of hydrogen-bond acceptors (Lipinski definition) is 2. The predicted octanol–water partition coefficient (Wildman–Crippen LogP) is 1.11. The molecule has 0 saturated heterocycles. The highest BCUT2D eigenvalue weighted by molar-refractivity contribution is 6.17. The van der Waals surface area contributed by atoms with Gasteiger partial charge in [-0.15, -0.1) is 11.6 Å². The van der Waals surface area contributed by atoms with Crippen LogP contribution in [0.3, 0.4) is 0 Å². The van der Waals surface area contributed by atoms with Crippen molar-refractivity contribution in [3.8, 4) is 0 Å². The van der Waals surface area contributed by atoms with Crippen molar-refractivity contribution in [2.75, 3.05) is 0 Å². The third-order valence-electron chi connectivity index (χ3n) is 1.80. The summed E-state index contributed by atoms with van der Waals surface area (Å²) in [5.74, 6) is 0.455. The Kier molecular flexibility index (Phi) is 1.84. The van der Waals surface area contributed by atoms with Crippen LogP contribution in [-0.4, -0.2) is 6.34 Å². The molecule has 0 radical (unpaired) electrons. The fourth-order valence-electron chi connectivity index (χ4n) is 1.17. The summed E-state index contributed by atoms with van der Waals surface area (Å²) in [6.45, 7) is 0. The van der Waals surface area contributed by atoms with Crippen molar-refractivity contribution in [3.63, 3.8) is 0 Å². The van der Waals surface area contributed by atoms with Crippen molar-refractivity contribution in [1.29, 1.82) is 0 Å². The number of benzene rings is 1. The number of quaternary nitrogens is 1. The zero-order valence-electron chi connectivity index (χ0n) is 6.25. The minimum absolute atomic E-state index is 0.0221. The van der Waals surface area contributed by atoms with Gasteiger partial charge < -0.3 is 5.21 Å². The molecule has 1 N–H and O–H groups in total. The fraction of sp³-hybridized carbons (Fsp3) is 0.125. The van der Waals surface area contributed by atoms with E-state index in [0.717, 1.165) is 11.3 Å². The molecule has 1 aliphatic heterocycles. The van der Waals surface area contributed by atoms with Crippen LogP contribution >= 0.6 is 11.6 Å². The van der Waals surface area contributed by atoms with Crippen LogP contribution in [-0.2, 0) is 5.88 Å². The van der Waals surface area contributed by atoms with E-state index in [9.17, 15) is 5.21 Å². The smallest absolute Gasteiger partial charge is 0.194 e. The number of alkyl halides is 1. The fourth-order valence-corrected chi connectivity index (χ4v) is 1.34. The third kappa shape index (κ3) is 1.12. The molecule has 0 aromatic heterocycles. The molecule has 4 heteroatoms. The summed E-state index contributed by atoms with van der Waals surface area (Å²) in [6, 6.07) is 5.45. The van der Waals surface area contributed by atoms with Gasteiger partial charge in [0.2, 0.25) is 0 Å². The van der Waals surface area contributed by atoms with E-state index in [-0.39, 0.29) is 5.06 Å². The normalized spacial score (nSPS) is 19.7. The maximum atomic E-state index is 11.1. The van der Waals surface area contributed by atoms with Gasteiger partial charge in [-0.2, -0.15) is 4.99 Å². The van der Waals surface area contributed by atoms with Gasteiger partial charge in [-0.1, -0.05) is 6.07 Å². The van der Waals surface area contributed by atoms with Gasteiger partial charge in [0.1, 0.15) is 5.69 Å². The number of aliphatic imine (C=N–C) groups is 1. The van der Waals surface area contributed by atoms with E-state index in [4.69, 9.17) is 11.6 Å². The quantitative estimate of drug-likeness (QED) is 0.513. The largest absolute Gasteiger partial charge is 0.623 e. The van der Waals surface area contributed by atoms with E-state index >= 15 is 0 Å². The third-order valence-corrected chi connectivity index (χ3v) is 2.11. The van der Waals surface area contributed by atoms with E-state index in [0.29, 0.717) is 11.6 Å². The molecule has 1 atom stereocenters. The van der Waals surface area contributed by atoms with Crippen molar-refractivity contribution in [2.45, 2.75) is 5.88 Å². The summed E-state index contributed by atoms with van der Waals surface area (Å²) in [6.07, 6.45) is 1.34. The molecule has 1 aromatic rings. The second-order valence-electron chi connectivity index (χ2n) is 2.61. The first-order chi connectivity index (χ1) is 5.81. The first kappa shape index (κ1) is 7.73. The van der Waals surface area contributed by atoms with Crippen LogP contribution in [0.1, 0.15) is 5.56 Å². The summed E-state index contributed by atoms with van der Waals surface area (Å²) in [4.78, 5) is 3.96. The number of hydrogen-bond donors (Lipinski definition) is 1. The predicted molar refractivity (Wildman–Crippen MR) is 48.1 cm³/mol. The number of halogens is 1. The molecular weight excluding hydrogens is 176 g/mol. The van der Waals surface area contributed by atoms with Gasteiger partial charge >= 0.3 is 0 Å². The Hall–Kier alpha value is -0.900. The second-order valence-corrected chi connectivity index (χ2v) is 2.87. The average Bonchev–Trinajstić information content (AvgIpc) is 2.47. The lowest BCUT2D eigenvalue weighted by Gasteiger charge is -2.10. The van der Waals surface area contributed by atoms with Gasteiger partial charge in [0.15, 0.2) is 12.0 Å². The van der Waals surface area contributed by atoms with E-state index < -0.39 is 0 Å². The molecule has 0 spiro atoms. The molecule has 3 nitrogen and oxygen atoms in total. The summed E-state index contributed by atoms with van der Waals surface area (Å²) in [7, 11) is 0. The van der Waals surface area contributed by atoms with Crippen LogP contribution in [0.25, 0.3) is 0 Å². The zero-order chi connectivity index (χ0) is 8.55. The van der Waals surface area contributed by atoms with Gasteiger partial charge in [-0.05, 0) is 11.6 Å². The van der Waals surface area contributed by atoms with Crippen LogP contribution in [0.2, 0.25) is 0 Å². The van der Waals surface area contributed by atoms with Crippen LogP contribution in [0.4, 0.5) is 11.4 Å². The average molecular weight is 183 g/mol. The maximum absolute atomic E-state index is 11.1. The van der Waals surface area contributed by atoms with Crippen molar-refractivity contribution < 1.29 is 5.06 Å². The number of hydroxylamine groups is 1. The topological polar surface area (TPSA) is 39.9 Å². The molecule has 1 unspecified atom stereocenters. The lowest BCUT2D eigenvalue weighted by Crippen LogP contribution is -2.99. The van der Waals surface area contributed by atoms with Gasteiger partial charge in [-0.25, -0.2) is 0 Å². The molecule has 0 aliphatic carbocycles. The number of rotatable bonds is 1. The van der Waals surface area contributed by atoms with Crippen molar-refractivity contribution in [1.82, 2.24) is 0 Å². The van der Waals surface area contributed by atoms with Gasteiger partial charge in [0.05, 0.1) is 0 Å². The lowest BCUT2D eigenvalue weighted by atomic mass is 10.2. The monoisotopic (exact) mass is 182 g/mol. The first-order valence-corrected chi connectivity index (χ1v) is 4.12. The molecule has 0 fully saturated rings. The minimum Gasteiger partial charge on any atom is -0.623 e. The van der Waals surface area contributed by atoms with Crippen molar-refractivity contribution in [2.24, 2.45) is 4.99 Å². The standard InChI is InChI=1S/C8H7ClN2O/c9-4-6-1-2-8-7(3-6)10-5-11(8)12/h1-3,5,11H,4H2. The molecule has 62 valence electrons. The van der Waals surface area contributed by atoms with Crippen LogP contribution in [0.15, 0.2) is 23.2 Å². The summed E-state index contributed by atoms with van der Waals surface area (Å²) in [5, 5.41) is 11.1. The van der Waals surface area contributed by atoms with E-state index in [1.54, 1.807) is 6.07 Å². The Morgan fingerprint density at radius 2 is 2.33 bits per heavy atom. The molecule has 1 heterocycles. The number of fused-ring (bicyclic) bond motifs is 1. The highest BCUT2D eigenvalue weighted by Crippen LogP contribution is 2.25. The van der Waals surface area contributed by atoms with Crippen molar-refractivity contribution >= 4 is 29.3 Å². The second kappa shape index (κ2) is 2.86. The maximum Gasteiger partial charge on any atom is 0.194 e. The van der Waals surface area contributed by atoms with Crippen LogP contribution in [0.5, 0.6) is 0 Å². The summed E-state index contributed by atoms with van der Waals surface area (Å²) in [5.41, 5.74) is 2.39. The van der Waals surface area contributed by atoms with Crippen LogP contribution < -0.4 is 5.06 Å². The Labute approximate surface area is 74.9 Å². The molecule has 1 aromatic carbocycles. The molecule has 1 aliphatic rings. The Bertz CT molecular complexity index is 338. The lowest BCUT2D eigenvalue weighted by molar-refractivity contribution is -0.655. The molecule has 0 bridgehead atoms. The van der Waals surface area contributed by atoms with Gasteiger partial charge in [0, 0.05) is 11.9 Å². The SMILES string of the molecule is [O-][NH+]1C=Nc2cc(CCl)ccc21. The first-order valence-electron chi connectivity index (χ1n) is 3.58. The minimum atomic E-state index is -0.0221. The van der Waals surface area contributed by atoms with E-state index in [2.05, 4.69) is 4.99 Å². The van der Waals surface area contributed by atoms with Gasteiger partial charge in [0.25, 0.3) is 0 Å². The van der Waals surface area contributed by atoms with Gasteiger partial charge in [-0.3, -0.25) is 5.06 Å². The summed E-state index contributed by atoms with van der Waals surface area (Å²) >= 11 is 5.63. The number of nitrogens with one attached hydrogen (secondary N) is 1. The molecule has 0 amide bonds. The molecule has 0 saturated carbocycles. The number of nitrogens with zero attached hydrogens (tertiary/aromatic N) is 1. The Balaban J connectivity index is 2.47. The van der Waals surface area contributed by atoms with Crippen LogP contribution in [0, 0.1) is 5.21 Å². The Morgan fingerprint density at radius 3 is 3.08 bits per heavy atom.